The number of thioether (sulfide) groups is 1. The first-order valence-corrected chi connectivity index (χ1v) is 7.42. The molecule has 5 heteroatoms. The average Bonchev–Trinajstić information content (AvgIpc) is 2.50. The summed E-state index contributed by atoms with van der Waals surface area (Å²) in [4.78, 5) is 22.6. The van der Waals surface area contributed by atoms with E-state index >= 15 is 0 Å². The molecule has 112 valence electrons. The number of methoxy groups -OCH3 is 1. The van der Waals surface area contributed by atoms with Crippen molar-refractivity contribution in [2.45, 2.75) is 6.92 Å². The molecule has 0 spiro atoms. The molecule has 0 bridgehead atoms. The van der Waals surface area contributed by atoms with Crippen LogP contribution in [-0.4, -0.2) is 30.6 Å². The predicted octanol–water partition coefficient (Wildman–Crippen LogP) is 3.09. The van der Waals surface area contributed by atoms with Crippen molar-refractivity contribution in [1.82, 2.24) is 0 Å². The molecule has 0 radical (unpaired) electrons. The Kier molecular flexibility index (Phi) is 7.97. The molecule has 1 aromatic rings. The maximum Gasteiger partial charge on any atom is 0.330 e. The van der Waals surface area contributed by atoms with Crippen molar-refractivity contribution in [2.75, 3.05) is 19.5 Å². The molecule has 21 heavy (non-hydrogen) atoms. The Balaban J connectivity index is 2.29. The van der Waals surface area contributed by atoms with E-state index in [4.69, 9.17) is 9.47 Å². The molecule has 0 amide bonds. The first kappa shape index (κ1) is 17.0. The summed E-state index contributed by atoms with van der Waals surface area (Å²) in [6, 6.07) is 7.31. The summed E-state index contributed by atoms with van der Waals surface area (Å²) in [7, 11) is 1.60. The van der Waals surface area contributed by atoms with E-state index in [9.17, 15) is 9.59 Å². The summed E-state index contributed by atoms with van der Waals surface area (Å²) in [5, 5.41) is -0.0395. The summed E-state index contributed by atoms with van der Waals surface area (Å²) in [6.07, 6.45) is 6.19. The smallest absolute Gasteiger partial charge is 0.330 e. The molecule has 0 aliphatic carbocycles. The molecule has 0 fully saturated rings. The molecular formula is C16H18O4S. The Morgan fingerprint density at radius 2 is 1.90 bits per heavy atom. The monoisotopic (exact) mass is 306 g/mol. The minimum Gasteiger partial charge on any atom is -0.497 e. The van der Waals surface area contributed by atoms with E-state index in [1.54, 1.807) is 26.2 Å². The molecule has 0 saturated carbocycles. The van der Waals surface area contributed by atoms with Gasteiger partial charge in [0.15, 0.2) is 0 Å². The molecule has 0 N–H and O–H groups in total. The summed E-state index contributed by atoms with van der Waals surface area (Å²) < 4.78 is 10.0. The van der Waals surface area contributed by atoms with Crippen molar-refractivity contribution in [3.8, 4) is 5.75 Å². The first-order valence-electron chi connectivity index (χ1n) is 6.44. The highest BCUT2D eigenvalue weighted by Gasteiger charge is 2.00. The quantitative estimate of drug-likeness (QED) is 0.440. The Hall–Kier alpha value is -2.01. The number of carbonyl (C=O) groups is 2. The van der Waals surface area contributed by atoms with Gasteiger partial charge in [0.05, 0.1) is 7.11 Å². The van der Waals surface area contributed by atoms with Crippen LogP contribution >= 0.6 is 11.8 Å². The second-order valence-corrected chi connectivity index (χ2v) is 5.04. The van der Waals surface area contributed by atoms with Gasteiger partial charge in [-0.25, -0.2) is 4.79 Å². The number of rotatable bonds is 7. The van der Waals surface area contributed by atoms with Crippen LogP contribution < -0.4 is 4.74 Å². The van der Waals surface area contributed by atoms with Gasteiger partial charge in [-0.1, -0.05) is 30.0 Å². The molecule has 0 atom stereocenters. The van der Waals surface area contributed by atoms with Crippen molar-refractivity contribution in [3.63, 3.8) is 0 Å². The van der Waals surface area contributed by atoms with Gasteiger partial charge < -0.3 is 9.47 Å². The Morgan fingerprint density at radius 3 is 2.52 bits per heavy atom. The molecule has 0 unspecified atom stereocenters. The van der Waals surface area contributed by atoms with E-state index in [1.165, 1.54) is 12.2 Å². The van der Waals surface area contributed by atoms with Crippen LogP contribution in [0, 0.1) is 0 Å². The van der Waals surface area contributed by atoms with Crippen molar-refractivity contribution >= 4 is 28.9 Å². The molecule has 0 aromatic heterocycles. The molecule has 0 aliphatic heterocycles. The lowest BCUT2D eigenvalue weighted by atomic mass is 10.2. The maximum atomic E-state index is 11.5. The third kappa shape index (κ3) is 7.37. The highest BCUT2D eigenvalue weighted by molar-refractivity contribution is 8.14. The summed E-state index contributed by atoms with van der Waals surface area (Å²) >= 11 is 1.12. The molecule has 4 nitrogen and oxygen atoms in total. The van der Waals surface area contributed by atoms with Crippen LogP contribution in [0.25, 0.3) is 6.08 Å². The van der Waals surface area contributed by atoms with E-state index in [2.05, 4.69) is 0 Å². The van der Waals surface area contributed by atoms with Crippen LogP contribution in [-0.2, 0) is 14.3 Å². The van der Waals surface area contributed by atoms with Crippen molar-refractivity contribution in [2.24, 2.45) is 0 Å². The normalized spacial score (nSPS) is 11.0. The number of ether oxygens (including phenoxy) is 2. The number of allylic oxidation sites excluding steroid dienone is 1. The van der Waals surface area contributed by atoms with Gasteiger partial charge in [0.2, 0.25) is 5.12 Å². The van der Waals surface area contributed by atoms with Gasteiger partial charge in [0, 0.05) is 11.8 Å². The predicted molar refractivity (Wildman–Crippen MR) is 85.3 cm³/mol. The minimum absolute atomic E-state index is 0.0395. The third-order valence-electron chi connectivity index (χ3n) is 2.40. The van der Waals surface area contributed by atoms with Crippen LogP contribution in [0.15, 0.2) is 42.5 Å². The van der Waals surface area contributed by atoms with Gasteiger partial charge in [-0.05, 0) is 36.8 Å². The third-order valence-corrected chi connectivity index (χ3v) is 3.19. The second kappa shape index (κ2) is 9.83. The van der Waals surface area contributed by atoms with Gasteiger partial charge in [-0.2, -0.15) is 0 Å². The van der Waals surface area contributed by atoms with Crippen LogP contribution in [0.3, 0.4) is 0 Å². The van der Waals surface area contributed by atoms with Gasteiger partial charge >= 0.3 is 5.97 Å². The lowest BCUT2D eigenvalue weighted by Gasteiger charge is -2.01. The van der Waals surface area contributed by atoms with Gasteiger partial charge in [0.25, 0.3) is 0 Å². The second-order valence-electron chi connectivity index (χ2n) is 3.94. The zero-order valence-electron chi connectivity index (χ0n) is 12.1. The molecule has 0 saturated heterocycles. The van der Waals surface area contributed by atoms with E-state index in [-0.39, 0.29) is 11.7 Å². The molecule has 1 rings (SSSR count). The number of hydrogen-bond acceptors (Lipinski definition) is 5. The highest BCUT2D eigenvalue weighted by Crippen LogP contribution is 2.12. The van der Waals surface area contributed by atoms with E-state index < -0.39 is 5.97 Å². The zero-order chi connectivity index (χ0) is 15.5. The number of carbonyl (C=O) groups excluding carboxylic acids is 2. The standard InChI is InChI=1S/C16H18O4S/c1-3-4-16(18)21-12-11-20-15(17)10-7-13-5-8-14(19-2)9-6-13/h3-10H,11-12H2,1-2H3/b4-3-,10-7+. The Bertz CT molecular complexity index is 518. The Labute approximate surface area is 128 Å². The van der Waals surface area contributed by atoms with E-state index in [1.807, 2.05) is 24.3 Å². The van der Waals surface area contributed by atoms with E-state index in [0.29, 0.717) is 5.75 Å². The summed E-state index contributed by atoms with van der Waals surface area (Å²) in [5.74, 6) is 0.785. The molecule has 0 heterocycles. The fourth-order valence-corrected chi connectivity index (χ4v) is 2.00. The van der Waals surface area contributed by atoms with Crippen LogP contribution in [0.2, 0.25) is 0 Å². The van der Waals surface area contributed by atoms with Crippen molar-refractivity contribution < 1.29 is 19.1 Å². The maximum absolute atomic E-state index is 11.5. The molecule has 0 aliphatic rings. The molecule has 1 aromatic carbocycles. The fraction of sp³-hybridized carbons (Fsp3) is 0.250. The lowest BCUT2D eigenvalue weighted by molar-refractivity contribution is -0.137. The average molecular weight is 306 g/mol. The SMILES string of the molecule is C/C=C\C(=O)SCCOC(=O)/C=C/c1ccc(OC)cc1. The minimum atomic E-state index is -0.426. The van der Waals surface area contributed by atoms with E-state index in [0.717, 1.165) is 23.1 Å². The van der Waals surface area contributed by atoms with Crippen LogP contribution in [0.4, 0.5) is 0 Å². The van der Waals surface area contributed by atoms with Crippen LogP contribution in [0.5, 0.6) is 5.75 Å². The number of hydrogen-bond donors (Lipinski definition) is 0. The van der Waals surface area contributed by atoms with Crippen molar-refractivity contribution in [3.05, 3.63) is 48.1 Å². The van der Waals surface area contributed by atoms with Crippen LogP contribution in [0.1, 0.15) is 12.5 Å². The lowest BCUT2D eigenvalue weighted by Crippen LogP contribution is -2.05. The van der Waals surface area contributed by atoms with Gasteiger partial charge in [-0.15, -0.1) is 0 Å². The number of esters is 1. The highest BCUT2D eigenvalue weighted by atomic mass is 32.2. The first-order chi connectivity index (χ1) is 10.2. The fourth-order valence-electron chi connectivity index (χ4n) is 1.40. The number of benzene rings is 1. The summed E-state index contributed by atoms with van der Waals surface area (Å²) in [5.41, 5.74) is 0.880. The topological polar surface area (TPSA) is 52.6 Å². The van der Waals surface area contributed by atoms with Crippen molar-refractivity contribution in [1.29, 1.82) is 0 Å². The molecular weight excluding hydrogens is 288 g/mol. The largest absolute Gasteiger partial charge is 0.497 e. The van der Waals surface area contributed by atoms with Gasteiger partial charge in [-0.3, -0.25) is 4.79 Å². The Morgan fingerprint density at radius 1 is 1.19 bits per heavy atom. The van der Waals surface area contributed by atoms with Gasteiger partial charge in [0.1, 0.15) is 12.4 Å². The zero-order valence-corrected chi connectivity index (χ0v) is 12.9. The summed E-state index contributed by atoms with van der Waals surface area (Å²) in [6.45, 7) is 1.99.